The van der Waals surface area contributed by atoms with Crippen molar-refractivity contribution in [3.63, 3.8) is 0 Å². The molecule has 12 heavy (non-hydrogen) atoms. The van der Waals surface area contributed by atoms with Gasteiger partial charge < -0.3 is 5.21 Å². The molecule has 0 spiro atoms. The van der Waals surface area contributed by atoms with Crippen molar-refractivity contribution in [1.29, 1.82) is 5.26 Å². The zero-order valence-electron chi connectivity index (χ0n) is 6.23. The first-order valence-corrected chi connectivity index (χ1v) is 3.52. The van der Waals surface area contributed by atoms with Crippen LogP contribution in [0.15, 0.2) is 30.5 Å². The fourth-order valence-corrected chi connectivity index (χ4v) is 1.18. The molecule has 1 aromatic carbocycles. The maximum atomic E-state index is 9.24. The van der Waals surface area contributed by atoms with Gasteiger partial charge in [-0.2, -0.15) is 9.99 Å². The van der Waals surface area contributed by atoms with E-state index in [2.05, 4.69) is 0 Å². The van der Waals surface area contributed by atoms with Gasteiger partial charge in [0.25, 0.3) is 0 Å². The summed E-state index contributed by atoms with van der Waals surface area (Å²) in [7, 11) is 0. The number of rotatable bonds is 0. The van der Waals surface area contributed by atoms with Gasteiger partial charge in [-0.05, 0) is 18.2 Å². The largest absolute Gasteiger partial charge is 0.428 e. The quantitative estimate of drug-likeness (QED) is 0.594. The van der Waals surface area contributed by atoms with E-state index in [-0.39, 0.29) is 0 Å². The van der Waals surface area contributed by atoms with E-state index < -0.39 is 0 Å². The molecule has 1 aromatic heterocycles. The fourth-order valence-electron chi connectivity index (χ4n) is 1.18. The van der Waals surface area contributed by atoms with Crippen molar-refractivity contribution in [3.05, 3.63) is 36.0 Å². The number of nitriles is 1. The maximum Gasteiger partial charge on any atom is 0.0992 e. The Morgan fingerprint density at radius 2 is 2.17 bits per heavy atom. The minimum atomic E-state index is 0.552. The van der Waals surface area contributed by atoms with Crippen molar-refractivity contribution in [1.82, 2.24) is 4.73 Å². The molecule has 0 fully saturated rings. The lowest BCUT2D eigenvalue weighted by atomic mass is 10.2. The average Bonchev–Trinajstić information content (AvgIpc) is 2.47. The highest BCUT2D eigenvalue weighted by atomic mass is 16.5. The van der Waals surface area contributed by atoms with Gasteiger partial charge in [-0.1, -0.05) is 6.07 Å². The summed E-state index contributed by atoms with van der Waals surface area (Å²) in [6.45, 7) is 0. The Morgan fingerprint density at radius 1 is 1.33 bits per heavy atom. The van der Waals surface area contributed by atoms with Crippen molar-refractivity contribution in [3.8, 4) is 6.07 Å². The number of hydrogen-bond donors (Lipinski definition) is 1. The smallest absolute Gasteiger partial charge is 0.0992 e. The molecular weight excluding hydrogens is 152 g/mol. The normalized spacial score (nSPS) is 9.92. The van der Waals surface area contributed by atoms with Crippen LogP contribution in [0.4, 0.5) is 0 Å². The summed E-state index contributed by atoms with van der Waals surface area (Å²) < 4.78 is 1.01. The van der Waals surface area contributed by atoms with Crippen LogP contribution < -0.4 is 0 Å². The molecule has 0 aliphatic carbocycles. The zero-order valence-corrected chi connectivity index (χ0v) is 6.23. The first kappa shape index (κ1) is 6.74. The highest BCUT2D eigenvalue weighted by Gasteiger charge is 1.99. The van der Waals surface area contributed by atoms with Gasteiger partial charge in [0.2, 0.25) is 0 Å². The van der Waals surface area contributed by atoms with Crippen LogP contribution in [0.2, 0.25) is 0 Å². The predicted octanol–water partition coefficient (Wildman–Crippen LogP) is 1.75. The second-order valence-corrected chi connectivity index (χ2v) is 2.55. The minimum absolute atomic E-state index is 0.552. The van der Waals surface area contributed by atoms with E-state index in [0.717, 1.165) is 10.1 Å². The first-order chi connectivity index (χ1) is 5.81. The molecule has 0 radical (unpaired) electrons. The van der Waals surface area contributed by atoms with Crippen molar-refractivity contribution >= 4 is 10.9 Å². The molecule has 0 atom stereocenters. The van der Waals surface area contributed by atoms with Gasteiger partial charge in [0.1, 0.15) is 0 Å². The Hall–Kier alpha value is -1.95. The van der Waals surface area contributed by atoms with E-state index in [1.165, 1.54) is 0 Å². The van der Waals surface area contributed by atoms with Crippen LogP contribution in [-0.2, 0) is 0 Å². The second kappa shape index (κ2) is 2.28. The molecule has 0 aliphatic rings. The van der Waals surface area contributed by atoms with Gasteiger partial charge in [0, 0.05) is 11.6 Å². The van der Waals surface area contributed by atoms with Gasteiger partial charge in [-0.3, -0.25) is 0 Å². The highest BCUT2D eigenvalue weighted by Crippen LogP contribution is 2.15. The monoisotopic (exact) mass is 158 g/mol. The van der Waals surface area contributed by atoms with Crippen molar-refractivity contribution in [2.75, 3.05) is 0 Å². The Labute approximate surface area is 69.0 Å². The van der Waals surface area contributed by atoms with E-state index >= 15 is 0 Å². The van der Waals surface area contributed by atoms with Crippen molar-refractivity contribution in [2.45, 2.75) is 0 Å². The molecule has 1 heterocycles. The highest BCUT2D eigenvalue weighted by molar-refractivity contribution is 5.81. The standard InChI is InChI=1S/C9H6N2O/c10-6-7-1-2-8-3-4-11(12)9(8)5-7/h1-5,12H. The average molecular weight is 158 g/mol. The van der Waals surface area contributed by atoms with Crippen LogP contribution in [0.25, 0.3) is 10.9 Å². The maximum absolute atomic E-state index is 9.24. The van der Waals surface area contributed by atoms with Crippen LogP contribution in [0.3, 0.4) is 0 Å². The Kier molecular flexibility index (Phi) is 1.28. The summed E-state index contributed by atoms with van der Waals surface area (Å²) in [5.74, 6) is 0. The molecule has 3 heteroatoms. The Balaban J connectivity index is 2.82. The fraction of sp³-hybridized carbons (Fsp3) is 0. The number of nitrogens with zero attached hydrogens (tertiary/aromatic N) is 2. The third kappa shape index (κ3) is 0.823. The van der Waals surface area contributed by atoms with Gasteiger partial charge in [-0.15, -0.1) is 0 Å². The van der Waals surface area contributed by atoms with Crippen LogP contribution in [0, 0.1) is 11.3 Å². The molecule has 1 N–H and O–H groups in total. The molecule has 3 nitrogen and oxygen atoms in total. The van der Waals surface area contributed by atoms with Crippen LogP contribution >= 0.6 is 0 Å². The lowest BCUT2D eigenvalue weighted by Crippen LogP contribution is -1.85. The number of fused-ring (bicyclic) bond motifs is 1. The lowest BCUT2D eigenvalue weighted by molar-refractivity contribution is 0.200. The SMILES string of the molecule is N#Cc1ccc2ccn(O)c2c1. The number of benzene rings is 1. The molecular formula is C9H6N2O. The zero-order chi connectivity index (χ0) is 8.55. The summed E-state index contributed by atoms with van der Waals surface area (Å²) in [5, 5.41) is 18.8. The molecule has 0 aliphatic heterocycles. The van der Waals surface area contributed by atoms with E-state index in [4.69, 9.17) is 5.26 Å². The molecule has 0 saturated heterocycles. The van der Waals surface area contributed by atoms with Crippen molar-refractivity contribution < 1.29 is 5.21 Å². The molecule has 0 saturated carbocycles. The molecule has 2 rings (SSSR count). The summed E-state index contributed by atoms with van der Waals surface area (Å²) >= 11 is 0. The summed E-state index contributed by atoms with van der Waals surface area (Å²) in [6.07, 6.45) is 1.55. The van der Waals surface area contributed by atoms with Crippen LogP contribution in [0.5, 0.6) is 0 Å². The van der Waals surface area contributed by atoms with Gasteiger partial charge >= 0.3 is 0 Å². The third-order valence-electron chi connectivity index (χ3n) is 1.80. The lowest BCUT2D eigenvalue weighted by Gasteiger charge is -1.93. The number of hydrogen-bond acceptors (Lipinski definition) is 2. The predicted molar refractivity (Wildman–Crippen MR) is 43.8 cm³/mol. The summed E-state index contributed by atoms with van der Waals surface area (Å²) in [6, 6.07) is 8.98. The summed E-state index contributed by atoms with van der Waals surface area (Å²) in [4.78, 5) is 0. The van der Waals surface area contributed by atoms with E-state index in [0.29, 0.717) is 11.1 Å². The third-order valence-corrected chi connectivity index (χ3v) is 1.80. The van der Waals surface area contributed by atoms with Gasteiger partial charge in [-0.25, -0.2) is 0 Å². The van der Waals surface area contributed by atoms with Crippen LogP contribution in [-0.4, -0.2) is 9.94 Å². The number of aromatic nitrogens is 1. The molecule has 2 aromatic rings. The minimum Gasteiger partial charge on any atom is -0.428 e. The Bertz CT molecular complexity index is 465. The molecule has 0 amide bonds. The van der Waals surface area contributed by atoms with Gasteiger partial charge in [0.15, 0.2) is 0 Å². The first-order valence-electron chi connectivity index (χ1n) is 3.52. The Morgan fingerprint density at radius 3 is 2.92 bits per heavy atom. The van der Waals surface area contributed by atoms with Gasteiger partial charge in [0.05, 0.1) is 17.1 Å². The van der Waals surface area contributed by atoms with E-state index in [9.17, 15) is 5.21 Å². The topological polar surface area (TPSA) is 49.0 Å². The molecule has 0 unspecified atom stereocenters. The van der Waals surface area contributed by atoms with Crippen molar-refractivity contribution in [2.24, 2.45) is 0 Å². The van der Waals surface area contributed by atoms with E-state index in [1.807, 2.05) is 6.07 Å². The van der Waals surface area contributed by atoms with E-state index in [1.54, 1.807) is 30.5 Å². The molecule has 58 valence electrons. The van der Waals surface area contributed by atoms with Crippen LogP contribution in [0.1, 0.15) is 5.56 Å². The second-order valence-electron chi connectivity index (χ2n) is 2.55. The summed E-state index contributed by atoms with van der Waals surface area (Å²) in [5.41, 5.74) is 1.21. The molecule has 0 bridgehead atoms.